The number of halogens is 2. The molecule has 0 aromatic heterocycles. The van der Waals surface area contributed by atoms with Gasteiger partial charge in [0, 0.05) is 16.3 Å². The van der Waals surface area contributed by atoms with E-state index >= 15 is 0 Å². The summed E-state index contributed by atoms with van der Waals surface area (Å²) in [6.07, 6.45) is 0. The molecular weight excluding hydrogens is 403 g/mol. The van der Waals surface area contributed by atoms with Gasteiger partial charge in [-0.15, -0.1) is 0 Å². The van der Waals surface area contributed by atoms with E-state index in [1.165, 1.54) is 24.3 Å². The molecule has 28 heavy (non-hydrogen) atoms. The maximum atomic E-state index is 14.4. The van der Waals surface area contributed by atoms with Gasteiger partial charge in [-0.05, 0) is 61.5 Å². The zero-order valence-electron chi connectivity index (χ0n) is 14.7. The van der Waals surface area contributed by atoms with Crippen LogP contribution < -0.4 is 10.0 Å². The number of hydrogen-bond acceptors (Lipinski definition) is 3. The summed E-state index contributed by atoms with van der Waals surface area (Å²) in [6.45, 7) is 1.88. The van der Waals surface area contributed by atoms with Gasteiger partial charge in [0.25, 0.3) is 15.9 Å². The van der Waals surface area contributed by atoms with E-state index in [0.29, 0.717) is 16.3 Å². The Balaban J connectivity index is 1.78. The number of aryl methyl sites for hydroxylation is 1. The van der Waals surface area contributed by atoms with E-state index in [-0.39, 0.29) is 10.6 Å². The third-order valence-corrected chi connectivity index (χ3v) is 5.54. The highest BCUT2D eigenvalue weighted by molar-refractivity contribution is 7.92. The highest BCUT2D eigenvalue weighted by Gasteiger charge is 2.18. The van der Waals surface area contributed by atoms with Crippen molar-refractivity contribution in [3.8, 4) is 0 Å². The van der Waals surface area contributed by atoms with Gasteiger partial charge >= 0.3 is 0 Å². The van der Waals surface area contributed by atoms with Crippen LogP contribution in [0.4, 0.5) is 15.8 Å². The van der Waals surface area contributed by atoms with Gasteiger partial charge in [-0.25, -0.2) is 12.8 Å². The molecule has 0 unspecified atom stereocenters. The molecule has 2 N–H and O–H groups in total. The van der Waals surface area contributed by atoms with Gasteiger partial charge in [-0.2, -0.15) is 0 Å². The molecule has 5 nitrogen and oxygen atoms in total. The van der Waals surface area contributed by atoms with E-state index < -0.39 is 21.7 Å². The van der Waals surface area contributed by atoms with Crippen molar-refractivity contribution in [2.24, 2.45) is 0 Å². The average Bonchev–Trinajstić information content (AvgIpc) is 2.65. The zero-order valence-corrected chi connectivity index (χ0v) is 16.3. The molecule has 0 atom stereocenters. The van der Waals surface area contributed by atoms with Crippen LogP contribution in [0.5, 0.6) is 0 Å². The van der Waals surface area contributed by atoms with Crippen molar-refractivity contribution >= 4 is 38.9 Å². The Labute approximate surface area is 167 Å². The minimum absolute atomic E-state index is 0.130. The molecule has 8 heteroatoms. The number of hydrogen-bond donors (Lipinski definition) is 2. The van der Waals surface area contributed by atoms with Crippen molar-refractivity contribution in [1.29, 1.82) is 0 Å². The van der Waals surface area contributed by atoms with Gasteiger partial charge in [0.15, 0.2) is 0 Å². The van der Waals surface area contributed by atoms with Crippen molar-refractivity contribution in [1.82, 2.24) is 0 Å². The molecule has 0 saturated carbocycles. The first kappa shape index (κ1) is 19.9. The maximum absolute atomic E-state index is 14.4. The second-order valence-electron chi connectivity index (χ2n) is 6.07. The lowest BCUT2D eigenvalue weighted by Crippen LogP contribution is -2.15. The molecule has 0 bridgehead atoms. The standard InChI is InChI=1S/C20H16ClFN2O3S/c1-13-2-8-16(9-3-13)24-28(26,27)17-10-11-19(18(22)12-17)23-20(25)14-4-6-15(21)7-5-14/h2-12,24H,1H3,(H,23,25). The minimum Gasteiger partial charge on any atom is -0.319 e. The normalized spacial score (nSPS) is 11.1. The number of carbonyl (C=O) groups is 1. The molecule has 0 aliphatic heterocycles. The van der Waals surface area contributed by atoms with Crippen molar-refractivity contribution in [2.75, 3.05) is 10.0 Å². The summed E-state index contributed by atoms with van der Waals surface area (Å²) in [4.78, 5) is 11.9. The topological polar surface area (TPSA) is 75.3 Å². The molecule has 0 aliphatic rings. The smallest absolute Gasteiger partial charge is 0.261 e. The molecular formula is C20H16ClFN2O3S. The highest BCUT2D eigenvalue weighted by atomic mass is 35.5. The molecule has 0 aliphatic carbocycles. The van der Waals surface area contributed by atoms with E-state index in [9.17, 15) is 17.6 Å². The van der Waals surface area contributed by atoms with Crippen molar-refractivity contribution < 1.29 is 17.6 Å². The average molecular weight is 419 g/mol. The lowest BCUT2D eigenvalue weighted by Gasteiger charge is -2.11. The molecule has 144 valence electrons. The Morgan fingerprint density at radius 3 is 2.21 bits per heavy atom. The fraction of sp³-hybridized carbons (Fsp3) is 0.0500. The molecule has 3 aromatic rings. The quantitative estimate of drug-likeness (QED) is 0.622. The Kier molecular flexibility index (Phi) is 5.67. The van der Waals surface area contributed by atoms with Crippen LogP contribution in [0.15, 0.2) is 71.6 Å². The van der Waals surface area contributed by atoms with Crippen LogP contribution in [0.1, 0.15) is 15.9 Å². The van der Waals surface area contributed by atoms with E-state index in [4.69, 9.17) is 11.6 Å². The fourth-order valence-corrected chi connectivity index (χ4v) is 3.59. The van der Waals surface area contributed by atoms with Gasteiger partial charge < -0.3 is 5.32 Å². The first-order valence-corrected chi connectivity index (χ1v) is 10.1. The third-order valence-electron chi connectivity index (χ3n) is 3.91. The monoisotopic (exact) mass is 418 g/mol. The maximum Gasteiger partial charge on any atom is 0.261 e. The van der Waals surface area contributed by atoms with Crippen LogP contribution in [0.25, 0.3) is 0 Å². The summed E-state index contributed by atoms with van der Waals surface area (Å²) in [5.74, 6) is -1.40. The Morgan fingerprint density at radius 1 is 0.964 bits per heavy atom. The molecule has 3 rings (SSSR count). The van der Waals surface area contributed by atoms with Crippen LogP contribution >= 0.6 is 11.6 Å². The summed E-state index contributed by atoms with van der Waals surface area (Å²) in [5, 5.41) is 2.88. The molecule has 0 spiro atoms. The van der Waals surface area contributed by atoms with E-state index in [1.807, 2.05) is 6.92 Å². The minimum atomic E-state index is -3.97. The van der Waals surface area contributed by atoms with E-state index in [2.05, 4.69) is 10.0 Å². The second kappa shape index (κ2) is 8.00. The second-order valence-corrected chi connectivity index (χ2v) is 8.19. The van der Waals surface area contributed by atoms with Crippen LogP contribution in [0.3, 0.4) is 0 Å². The van der Waals surface area contributed by atoms with Crippen LogP contribution in [-0.2, 0) is 10.0 Å². The number of benzene rings is 3. The predicted octanol–water partition coefficient (Wildman–Crippen LogP) is 4.84. The lowest BCUT2D eigenvalue weighted by molar-refractivity contribution is 0.102. The van der Waals surface area contributed by atoms with E-state index in [1.54, 1.807) is 36.4 Å². The lowest BCUT2D eigenvalue weighted by atomic mass is 10.2. The molecule has 0 fully saturated rings. The molecule has 0 radical (unpaired) electrons. The van der Waals surface area contributed by atoms with Gasteiger partial charge in [0.1, 0.15) is 5.82 Å². The summed E-state index contributed by atoms with van der Waals surface area (Å²) >= 11 is 5.77. The van der Waals surface area contributed by atoms with Crippen LogP contribution in [0.2, 0.25) is 5.02 Å². The first-order valence-electron chi connectivity index (χ1n) is 8.20. The number of nitrogens with one attached hydrogen (secondary N) is 2. The molecule has 3 aromatic carbocycles. The summed E-state index contributed by atoms with van der Waals surface area (Å²) < 4.78 is 41.7. The fourth-order valence-electron chi connectivity index (χ4n) is 2.40. The third kappa shape index (κ3) is 4.68. The molecule has 1 amide bonds. The number of rotatable bonds is 5. The molecule has 0 heterocycles. The summed E-state index contributed by atoms with van der Waals surface area (Å²) in [6, 6.07) is 16.1. The van der Waals surface area contributed by atoms with Gasteiger partial charge in [0.2, 0.25) is 0 Å². The van der Waals surface area contributed by atoms with Gasteiger partial charge in [0.05, 0.1) is 10.6 Å². The predicted molar refractivity (Wildman–Crippen MR) is 108 cm³/mol. The van der Waals surface area contributed by atoms with Gasteiger partial charge in [-0.1, -0.05) is 29.3 Å². The van der Waals surface area contributed by atoms with Crippen LogP contribution in [-0.4, -0.2) is 14.3 Å². The van der Waals surface area contributed by atoms with Crippen molar-refractivity contribution in [2.45, 2.75) is 11.8 Å². The van der Waals surface area contributed by atoms with Gasteiger partial charge in [-0.3, -0.25) is 9.52 Å². The largest absolute Gasteiger partial charge is 0.319 e. The number of anilines is 2. The Hall–Kier alpha value is -2.90. The zero-order chi connectivity index (χ0) is 20.3. The molecule has 0 saturated heterocycles. The summed E-state index contributed by atoms with van der Waals surface area (Å²) in [5.41, 5.74) is 1.51. The first-order chi connectivity index (χ1) is 13.2. The number of sulfonamides is 1. The van der Waals surface area contributed by atoms with Crippen molar-refractivity contribution in [3.05, 3.63) is 88.7 Å². The van der Waals surface area contributed by atoms with E-state index in [0.717, 1.165) is 11.6 Å². The van der Waals surface area contributed by atoms with Crippen molar-refractivity contribution in [3.63, 3.8) is 0 Å². The SMILES string of the molecule is Cc1ccc(NS(=O)(=O)c2ccc(NC(=O)c3ccc(Cl)cc3)c(F)c2)cc1. The Morgan fingerprint density at radius 2 is 1.61 bits per heavy atom. The van der Waals surface area contributed by atoms with Crippen LogP contribution in [0, 0.1) is 12.7 Å². The number of amides is 1. The highest BCUT2D eigenvalue weighted by Crippen LogP contribution is 2.22. The summed E-state index contributed by atoms with van der Waals surface area (Å²) in [7, 11) is -3.97. The Bertz CT molecular complexity index is 1120. The number of carbonyl (C=O) groups excluding carboxylic acids is 1.